The molecule has 1 aromatic carbocycles. The van der Waals surface area contributed by atoms with Gasteiger partial charge >= 0.3 is 0 Å². The lowest BCUT2D eigenvalue weighted by molar-refractivity contribution is 0.619. The summed E-state index contributed by atoms with van der Waals surface area (Å²) in [5.41, 5.74) is 2.28. The number of hydrogen-bond acceptors (Lipinski definition) is 1. The summed E-state index contributed by atoms with van der Waals surface area (Å²) < 4.78 is 13.6. The van der Waals surface area contributed by atoms with Gasteiger partial charge in [0.05, 0.1) is 4.47 Å². The minimum absolute atomic E-state index is 0.181. The summed E-state index contributed by atoms with van der Waals surface area (Å²) in [5.74, 6) is 1.60. The number of thiol groups is 1. The maximum absolute atomic E-state index is 13.0. The van der Waals surface area contributed by atoms with Gasteiger partial charge in [0, 0.05) is 11.5 Å². The summed E-state index contributed by atoms with van der Waals surface area (Å²) in [7, 11) is 0. The van der Waals surface area contributed by atoms with E-state index >= 15 is 0 Å². The van der Waals surface area contributed by atoms with Crippen molar-refractivity contribution in [1.82, 2.24) is 0 Å². The molecule has 0 bridgehead atoms. The highest BCUT2D eigenvalue weighted by Crippen LogP contribution is 2.41. The molecular formula is C8H9BrFNS. The van der Waals surface area contributed by atoms with Gasteiger partial charge in [-0.2, -0.15) is 11.1 Å². The Labute approximate surface area is 81.8 Å². The second-order valence-electron chi connectivity index (χ2n) is 2.90. The van der Waals surface area contributed by atoms with Gasteiger partial charge in [0.25, 0.3) is 0 Å². The van der Waals surface area contributed by atoms with E-state index in [-0.39, 0.29) is 5.82 Å². The molecule has 1 heterocycles. The first kappa shape index (κ1) is 8.53. The Bertz CT molecular complexity index is 329. The van der Waals surface area contributed by atoms with Gasteiger partial charge in [-0.1, -0.05) is 6.07 Å². The van der Waals surface area contributed by atoms with Crippen molar-refractivity contribution in [3.63, 3.8) is 0 Å². The lowest BCUT2D eigenvalue weighted by Crippen LogP contribution is -1.90. The summed E-state index contributed by atoms with van der Waals surface area (Å²) >= 11 is 2.82. The first-order valence-corrected chi connectivity index (χ1v) is 6.21. The second kappa shape index (κ2) is 3.01. The lowest BCUT2D eigenvalue weighted by atomic mass is 10.1. The van der Waals surface area contributed by atoms with E-state index in [1.165, 1.54) is 11.6 Å². The van der Waals surface area contributed by atoms with E-state index in [1.54, 1.807) is 0 Å². The third-order valence-corrected chi connectivity index (χ3v) is 4.35. The van der Waals surface area contributed by atoms with Gasteiger partial charge in [0.1, 0.15) is 5.82 Å². The maximum Gasteiger partial charge on any atom is 0.137 e. The van der Waals surface area contributed by atoms with Gasteiger partial charge < -0.3 is 0 Å². The van der Waals surface area contributed by atoms with E-state index < -0.39 is 11.1 Å². The average Bonchev–Trinajstić information content (AvgIpc) is 2.39. The van der Waals surface area contributed by atoms with Gasteiger partial charge in [0.2, 0.25) is 0 Å². The highest BCUT2D eigenvalue weighted by atomic mass is 79.9. The van der Waals surface area contributed by atoms with Crippen molar-refractivity contribution in [2.45, 2.75) is 11.5 Å². The van der Waals surface area contributed by atoms with E-state index in [0.29, 0.717) is 4.47 Å². The minimum atomic E-state index is -0.417. The summed E-state index contributed by atoms with van der Waals surface area (Å²) in [6, 6.07) is 3.34. The minimum Gasteiger partial charge on any atom is -0.296 e. The Morgan fingerprint density at radius 1 is 1.42 bits per heavy atom. The molecule has 2 N–H and O–H groups in total. The molecule has 0 radical (unpaired) electrons. The molecule has 1 aliphatic heterocycles. The zero-order chi connectivity index (χ0) is 8.72. The molecule has 66 valence electrons. The first-order valence-electron chi connectivity index (χ1n) is 3.64. The van der Waals surface area contributed by atoms with Crippen LogP contribution in [0.4, 0.5) is 4.39 Å². The van der Waals surface area contributed by atoms with Crippen LogP contribution in [0.15, 0.2) is 16.6 Å². The van der Waals surface area contributed by atoms with Crippen LogP contribution < -0.4 is 5.14 Å². The molecule has 1 aliphatic rings. The van der Waals surface area contributed by atoms with Crippen molar-refractivity contribution in [3.8, 4) is 0 Å². The molecule has 1 nitrogen and oxygen atoms in total. The quantitative estimate of drug-likeness (QED) is 0.680. The monoisotopic (exact) mass is 249 g/mol. The predicted molar refractivity (Wildman–Crippen MR) is 54.7 cm³/mol. The van der Waals surface area contributed by atoms with Crippen LogP contribution in [0.2, 0.25) is 0 Å². The SMILES string of the molecule is N[SH]1Cc2ccc(F)c(Br)c2C1. The fourth-order valence-electron chi connectivity index (χ4n) is 1.43. The Hall–Kier alpha value is -0.0600. The molecule has 1 unspecified atom stereocenters. The zero-order valence-electron chi connectivity index (χ0n) is 6.35. The third kappa shape index (κ3) is 1.28. The van der Waals surface area contributed by atoms with Crippen molar-refractivity contribution in [3.05, 3.63) is 33.5 Å². The number of benzene rings is 1. The molecule has 0 amide bonds. The smallest absolute Gasteiger partial charge is 0.137 e. The number of halogens is 2. The third-order valence-electron chi connectivity index (χ3n) is 2.03. The van der Waals surface area contributed by atoms with Crippen molar-refractivity contribution in [2.75, 3.05) is 0 Å². The van der Waals surface area contributed by atoms with Crippen molar-refractivity contribution < 1.29 is 4.39 Å². The fourth-order valence-corrected chi connectivity index (χ4v) is 3.79. The van der Waals surface area contributed by atoms with E-state index in [1.807, 2.05) is 6.07 Å². The fraction of sp³-hybridized carbons (Fsp3) is 0.250. The molecule has 12 heavy (non-hydrogen) atoms. The van der Waals surface area contributed by atoms with Crippen LogP contribution in [0.25, 0.3) is 0 Å². The van der Waals surface area contributed by atoms with Crippen LogP contribution >= 0.6 is 27.0 Å². The Morgan fingerprint density at radius 3 is 2.92 bits per heavy atom. The van der Waals surface area contributed by atoms with Gasteiger partial charge in [0.15, 0.2) is 0 Å². The molecule has 0 fully saturated rings. The molecule has 1 aromatic rings. The summed E-state index contributed by atoms with van der Waals surface area (Å²) in [6.45, 7) is 0. The van der Waals surface area contributed by atoms with Crippen LogP contribution in [-0.2, 0) is 11.5 Å². The highest BCUT2D eigenvalue weighted by molar-refractivity contribution is 9.10. The number of rotatable bonds is 0. The number of hydrogen-bond donors (Lipinski definition) is 2. The van der Waals surface area contributed by atoms with Crippen LogP contribution in [0.5, 0.6) is 0 Å². The van der Waals surface area contributed by atoms with Gasteiger partial charge in [-0.25, -0.2) is 4.39 Å². The van der Waals surface area contributed by atoms with E-state index in [9.17, 15) is 4.39 Å². The maximum atomic E-state index is 13.0. The molecule has 0 spiro atoms. The summed E-state index contributed by atoms with van der Waals surface area (Å²) in [6.07, 6.45) is 0. The van der Waals surface area contributed by atoms with Crippen LogP contribution in [0.3, 0.4) is 0 Å². The Balaban J connectivity index is 2.54. The number of nitrogens with two attached hydrogens (primary N) is 1. The molecule has 0 saturated heterocycles. The van der Waals surface area contributed by atoms with E-state index in [0.717, 1.165) is 17.1 Å². The Kier molecular flexibility index (Phi) is 2.14. The largest absolute Gasteiger partial charge is 0.296 e. The molecule has 4 heteroatoms. The zero-order valence-corrected chi connectivity index (χ0v) is 8.83. The van der Waals surface area contributed by atoms with E-state index in [4.69, 9.17) is 5.14 Å². The van der Waals surface area contributed by atoms with Crippen LogP contribution in [-0.4, -0.2) is 0 Å². The lowest BCUT2D eigenvalue weighted by Gasteiger charge is -2.03. The first-order chi connectivity index (χ1) is 5.68. The van der Waals surface area contributed by atoms with Gasteiger partial charge in [-0.3, -0.25) is 5.14 Å². The molecule has 0 saturated carbocycles. The van der Waals surface area contributed by atoms with Gasteiger partial charge in [-0.15, -0.1) is 0 Å². The van der Waals surface area contributed by atoms with Gasteiger partial charge in [-0.05, 0) is 33.1 Å². The second-order valence-corrected chi connectivity index (χ2v) is 5.51. The molecule has 1 atom stereocenters. The topological polar surface area (TPSA) is 26.0 Å². The van der Waals surface area contributed by atoms with Crippen molar-refractivity contribution >= 4 is 27.0 Å². The predicted octanol–water partition coefficient (Wildman–Crippen LogP) is 2.48. The van der Waals surface area contributed by atoms with Crippen molar-refractivity contribution in [1.29, 1.82) is 0 Å². The van der Waals surface area contributed by atoms with Crippen molar-refractivity contribution in [2.24, 2.45) is 5.14 Å². The standard InChI is InChI=1S/C8H9BrFNS/c9-8-6-4-12(11)3-5(6)1-2-7(8)10/h1-2,12H,3-4,11H2. The molecule has 0 aromatic heterocycles. The molecule has 2 rings (SSSR count). The molecular weight excluding hydrogens is 241 g/mol. The normalized spacial score (nSPS) is 24.1. The average molecular weight is 250 g/mol. The summed E-state index contributed by atoms with van der Waals surface area (Å²) in [4.78, 5) is 0. The Morgan fingerprint density at radius 2 is 2.17 bits per heavy atom. The molecule has 0 aliphatic carbocycles. The van der Waals surface area contributed by atoms with Crippen LogP contribution in [0, 0.1) is 5.82 Å². The van der Waals surface area contributed by atoms with Crippen LogP contribution in [0.1, 0.15) is 11.1 Å². The number of fused-ring (bicyclic) bond motifs is 1. The summed E-state index contributed by atoms with van der Waals surface area (Å²) in [5, 5.41) is 5.83. The highest BCUT2D eigenvalue weighted by Gasteiger charge is 2.19. The van der Waals surface area contributed by atoms with E-state index in [2.05, 4.69) is 15.9 Å².